The first-order valence-electron chi connectivity index (χ1n) is 9.79. The summed E-state index contributed by atoms with van der Waals surface area (Å²) < 4.78 is 38.4. The van der Waals surface area contributed by atoms with Gasteiger partial charge in [0.25, 0.3) is 0 Å². The van der Waals surface area contributed by atoms with Gasteiger partial charge in [-0.15, -0.1) is 0 Å². The van der Waals surface area contributed by atoms with E-state index in [4.69, 9.17) is 0 Å². The molecule has 0 unspecified atom stereocenters. The van der Waals surface area contributed by atoms with Crippen LogP contribution in [0.2, 0.25) is 0 Å². The normalized spacial score (nSPS) is 20.3. The van der Waals surface area contributed by atoms with Crippen LogP contribution >= 0.6 is 0 Å². The minimum atomic E-state index is -3.17. The Kier molecular flexibility index (Phi) is 6.90. The number of para-hydroxylation sites is 1. The highest BCUT2D eigenvalue weighted by Crippen LogP contribution is 2.20. The van der Waals surface area contributed by atoms with Crippen LogP contribution in [0.4, 0.5) is 10.1 Å². The Morgan fingerprint density at radius 1 is 1.11 bits per heavy atom. The van der Waals surface area contributed by atoms with E-state index in [1.807, 2.05) is 6.07 Å². The van der Waals surface area contributed by atoms with Crippen LogP contribution in [0.25, 0.3) is 0 Å². The molecule has 1 amide bonds. The largest absolute Gasteiger partial charge is 0.367 e. The third-order valence-corrected chi connectivity index (χ3v) is 6.89. The Labute approximate surface area is 166 Å². The van der Waals surface area contributed by atoms with Gasteiger partial charge in [-0.05, 0) is 25.0 Å². The average molecular weight is 413 g/mol. The fraction of sp³-hybridized carbons (Fsp3) is 0.632. The van der Waals surface area contributed by atoms with Crippen molar-refractivity contribution < 1.29 is 17.6 Å². The Morgan fingerprint density at radius 2 is 1.75 bits per heavy atom. The number of benzene rings is 1. The van der Waals surface area contributed by atoms with Gasteiger partial charge in [0.1, 0.15) is 5.82 Å². The van der Waals surface area contributed by atoms with Crippen LogP contribution in [0.3, 0.4) is 0 Å². The van der Waals surface area contributed by atoms with Crippen molar-refractivity contribution >= 4 is 21.6 Å². The molecule has 1 aromatic carbocycles. The molecule has 9 heteroatoms. The second-order valence-electron chi connectivity index (χ2n) is 7.51. The first-order valence-corrected chi connectivity index (χ1v) is 11.6. The zero-order valence-corrected chi connectivity index (χ0v) is 17.1. The lowest BCUT2D eigenvalue weighted by Crippen LogP contribution is -2.49. The van der Waals surface area contributed by atoms with Gasteiger partial charge in [-0.25, -0.2) is 17.1 Å². The van der Waals surface area contributed by atoms with Crippen LogP contribution in [-0.4, -0.2) is 82.1 Å². The number of sulfonamides is 1. The van der Waals surface area contributed by atoms with Crippen molar-refractivity contribution in [1.82, 2.24) is 14.5 Å². The smallest absolute Gasteiger partial charge is 0.223 e. The fourth-order valence-electron chi connectivity index (χ4n) is 3.85. The molecular weight excluding hydrogens is 383 g/mol. The van der Waals surface area contributed by atoms with Gasteiger partial charge in [-0.3, -0.25) is 9.69 Å². The van der Waals surface area contributed by atoms with E-state index in [9.17, 15) is 17.6 Å². The highest BCUT2D eigenvalue weighted by Gasteiger charge is 2.28. The van der Waals surface area contributed by atoms with Crippen LogP contribution in [0.5, 0.6) is 0 Å². The molecule has 2 aliphatic heterocycles. The van der Waals surface area contributed by atoms with Gasteiger partial charge < -0.3 is 10.2 Å². The number of carbonyl (C=O) groups is 1. The first-order chi connectivity index (χ1) is 13.3. The molecule has 0 aromatic heterocycles. The maximum absolute atomic E-state index is 13.9. The summed E-state index contributed by atoms with van der Waals surface area (Å²) in [5.41, 5.74) is 0.649. The number of rotatable bonds is 6. The Hall–Kier alpha value is -1.71. The summed E-state index contributed by atoms with van der Waals surface area (Å²) in [5.74, 6) is -0.292. The van der Waals surface area contributed by atoms with E-state index in [0.29, 0.717) is 38.2 Å². The molecular formula is C19H29FN4O3S. The number of hydrogen-bond acceptors (Lipinski definition) is 5. The summed E-state index contributed by atoms with van der Waals surface area (Å²) in [7, 11) is -3.17. The van der Waals surface area contributed by atoms with Gasteiger partial charge in [0.05, 0.1) is 11.9 Å². The van der Waals surface area contributed by atoms with Crippen molar-refractivity contribution in [3.8, 4) is 0 Å². The number of nitrogens with zero attached hydrogens (tertiary/aromatic N) is 3. The van der Waals surface area contributed by atoms with Gasteiger partial charge in [-0.1, -0.05) is 12.1 Å². The molecule has 0 radical (unpaired) electrons. The number of halogens is 1. The number of piperazine rings is 1. The molecule has 0 aliphatic carbocycles. The van der Waals surface area contributed by atoms with Crippen LogP contribution in [0, 0.1) is 11.7 Å². The Bertz CT molecular complexity index is 773. The minimum absolute atomic E-state index is 0.0122. The minimum Gasteiger partial charge on any atom is -0.367 e. The summed E-state index contributed by atoms with van der Waals surface area (Å²) in [6, 6.07) is 6.83. The number of piperidine rings is 1. The molecule has 0 bridgehead atoms. The van der Waals surface area contributed by atoms with Crippen molar-refractivity contribution in [2.45, 2.75) is 12.8 Å². The molecule has 2 aliphatic rings. The monoisotopic (exact) mass is 412 g/mol. The average Bonchev–Trinajstić information content (AvgIpc) is 2.68. The molecule has 2 saturated heterocycles. The van der Waals surface area contributed by atoms with Gasteiger partial charge >= 0.3 is 0 Å². The van der Waals surface area contributed by atoms with Gasteiger partial charge in [0.15, 0.2) is 0 Å². The summed E-state index contributed by atoms with van der Waals surface area (Å²) in [6.07, 6.45) is 2.35. The molecule has 2 fully saturated rings. The topological polar surface area (TPSA) is 73.0 Å². The quantitative estimate of drug-likeness (QED) is 0.746. The molecule has 3 rings (SSSR count). The van der Waals surface area contributed by atoms with Gasteiger partial charge in [0.2, 0.25) is 15.9 Å². The Morgan fingerprint density at radius 3 is 2.36 bits per heavy atom. The maximum Gasteiger partial charge on any atom is 0.223 e. The van der Waals surface area contributed by atoms with E-state index in [2.05, 4.69) is 15.1 Å². The van der Waals surface area contributed by atoms with E-state index in [-0.39, 0.29) is 17.6 Å². The van der Waals surface area contributed by atoms with Crippen LogP contribution in [0.1, 0.15) is 12.8 Å². The van der Waals surface area contributed by atoms with Crippen LogP contribution in [0.15, 0.2) is 24.3 Å². The lowest BCUT2D eigenvalue weighted by atomic mass is 9.97. The predicted molar refractivity (Wildman–Crippen MR) is 107 cm³/mol. The van der Waals surface area contributed by atoms with Crippen molar-refractivity contribution in [3.05, 3.63) is 30.1 Å². The lowest BCUT2D eigenvalue weighted by Gasteiger charge is -2.36. The number of anilines is 1. The molecule has 2 heterocycles. The van der Waals surface area contributed by atoms with E-state index in [1.165, 1.54) is 16.6 Å². The maximum atomic E-state index is 13.9. The summed E-state index contributed by atoms with van der Waals surface area (Å²) >= 11 is 0. The van der Waals surface area contributed by atoms with E-state index >= 15 is 0 Å². The number of nitrogens with one attached hydrogen (secondary N) is 1. The molecule has 0 atom stereocenters. The highest BCUT2D eigenvalue weighted by atomic mass is 32.2. The fourth-order valence-corrected chi connectivity index (χ4v) is 4.73. The van der Waals surface area contributed by atoms with Crippen LogP contribution < -0.4 is 10.2 Å². The zero-order valence-electron chi connectivity index (χ0n) is 16.3. The number of amides is 1. The molecule has 0 spiro atoms. The van der Waals surface area contributed by atoms with Crippen molar-refractivity contribution in [3.63, 3.8) is 0 Å². The molecule has 156 valence electrons. The van der Waals surface area contributed by atoms with Crippen molar-refractivity contribution in [2.75, 3.05) is 63.5 Å². The lowest BCUT2D eigenvalue weighted by molar-refractivity contribution is -0.126. The first kappa shape index (κ1) is 21.0. The van der Waals surface area contributed by atoms with Crippen molar-refractivity contribution in [2.24, 2.45) is 5.92 Å². The van der Waals surface area contributed by atoms with Crippen LogP contribution in [-0.2, 0) is 14.8 Å². The van der Waals surface area contributed by atoms with Gasteiger partial charge in [-0.2, -0.15) is 0 Å². The number of hydrogen-bond donors (Lipinski definition) is 1. The predicted octanol–water partition coefficient (Wildman–Crippen LogP) is 0.736. The second-order valence-corrected chi connectivity index (χ2v) is 9.49. The van der Waals surface area contributed by atoms with Gasteiger partial charge in [0, 0.05) is 58.3 Å². The third-order valence-electron chi connectivity index (χ3n) is 5.59. The van der Waals surface area contributed by atoms with E-state index in [1.54, 1.807) is 12.1 Å². The second kappa shape index (κ2) is 9.19. The molecule has 1 aromatic rings. The molecule has 28 heavy (non-hydrogen) atoms. The Balaban J connectivity index is 1.35. The highest BCUT2D eigenvalue weighted by molar-refractivity contribution is 7.88. The molecule has 1 N–H and O–H groups in total. The van der Waals surface area contributed by atoms with Crippen molar-refractivity contribution in [1.29, 1.82) is 0 Å². The van der Waals surface area contributed by atoms with E-state index < -0.39 is 10.0 Å². The molecule has 7 nitrogen and oxygen atoms in total. The van der Waals surface area contributed by atoms with E-state index in [0.717, 1.165) is 32.7 Å². The zero-order chi connectivity index (χ0) is 20.1. The standard InChI is InChI=1S/C19H29FN4O3S/c1-28(26,27)24-9-6-16(7-10-24)19(25)21-8-11-22-12-14-23(15-13-22)18-5-3-2-4-17(18)20/h2-5,16H,6-15H2,1H3,(H,21,25). The number of carbonyl (C=O) groups excluding carboxylic acids is 1. The summed E-state index contributed by atoms with van der Waals surface area (Å²) in [6.45, 7) is 5.35. The summed E-state index contributed by atoms with van der Waals surface area (Å²) in [5, 5.41) is 2.98. The summed E-state index contributed by atoms with van der Waals surface area (Å²) in [4.78, 5) is 16.6. The SMILES string of the molecule is CS(=O)(=O)N1CCC(C(=O)NCCN2CCN(c3ccccc3F)CC2)CC1. The third kappa shape index (κ3) is 5.42. The molecule has 0 saturated carbocycles.